The molecular formula is C16H15N5O. The molecule has 3 heterocycles. The van der Waals surface area contributed by atoms with Crippen LogP contribution in [0.3, 0.4) is 0 Å². The van der Waals surface area contributed by atoms with Crippen molar-refractivity contribution in [1.82, 2.24) is 19.7 Å². The third-order valence-electron chi connectivity index (χ3n) is 3.13. The molecule has 3 aromatic rings. The Morgan fingerprint density at radius 1 is 1.18 bits per heavy atom. The quantitative estimate of drug-likeness (QED) is 0.799. The fraction of sp³-hybridized carbons (Fsp3) is 0.125. The van der Waals surface area contributed by atoms with E-state index >= 15 is 0 Å². The molecule has 0 saturated heterocycles. The first-order chi connectivity index (χ1) is 10.7. The van der Waals surface area contributed by atoms with Gasteiger partial charge >= 0.3 is 0 Å². The van der Waals surface area contributed by atoms with Crippen molar-refractivity contribution >= 4 is 11.6 Å². The van der Waals surface area contributed by atoms with Crippen molar-refractivity contribution in [3.8, 4) is 11.3 Å². The maximum absolute atomic E-state index is 11.9. The zero-order valence-electron chi connectivity index (χ0n) is 12.1. The second-order valence-electron chi connectivity index (χ2n) is 4.87. The molecule has 3 aromatic heterocycles. The van der Waals surface area contributed by atoms with Crippen molar-refractivity contribution in [2.75, 3.05) is 5.32 Å². The minimum atomic E-state index is -0.114. The van der Waals surface area contributed by atoms with E-state index in [4.69, 9.17) is 0 Å². The smallest absolute Gasteiger partial charge is 0.230 e. The highest BCUT2D eigenvalue weighted by Crippen LogP contribution is 2.17. The van der Waals surface area contributed by atoms with E-state index in [9.17, 15) is 4.79 Å². The van der Waals surface area contributed by atoms with E-state index in [0.29, 0.717) is 5.69 Å². The number of amides is 1. The van der Waals surface area contributed by atoms with Crippen LogP contribution in [0, 0.1) is 0 Å². The third kappa shape index (κ3) is 3.35. The topological polar surface area (TPSA) is 72.7 Å². The zero-order chi connectivity index (χ0) is 15.4. The standard InChI is InChI=1S/C16H15N5O/c1-21-9-6-13(20-21)10-16(22)19-14-2-3-15(18-11-14)12-4-7-17-8-5-12/h2-9,11H,10H2,1H3,(H,19,22). The third-order valence-corrected chi connectivity index (χ3v) is 3.13. The van der Waals surface area contributed by atoms with Crippen LogP contribution in [-0.4, -0.2) is 25.7 Å². The van der Waals surface area contributed by atoms with E-state index in [2.05, 4.69) is 20.4 Å². The number of carbonyl (C=O) groups excluding carboxylic acids is 1. The van der Waals surface area contributed by atoms with Crippen LogP contribution in [-0.2, 0) is 18.3 Å². The average molecular weight is 293 g/mol. The van der Waals surface area contributed by atoms with E-state index in [1.165, 1.54) is 0 Å². The molecule has 0 aliphatic heterocycles. The van der Waals surface area contributed by atoms with Crippen molar-refractivity contribution in [3.63, 3.8) is 0 Å². The summed E-state index contributed by atoms with van der Waals surface area (Å²) in [6.07, 6.45) is 7.14. The lowest BCUT2D eigenvalue weighted by atomic mass is 10.2. The van der Waals surface area contributed by atoms with Crippen LogP contribution in [0.4, 0.5) is 5.69 Å². The lowest BCUT2D eigenvalue weighted by Crippen LogP contribution is -2.15. The van der Waals surface area contributed by atoms with E-state index in [-0.39, 0.29) is 12.3 Å². The maximum atomic E-state index is 11.9. The van der Waals surface area contributed by atoms with Gasteiger partial charge in [-0.05, 0) is 30.3 Å². The lowest BCUT2D eigenvalue weighted by molar-refractivity contribution is -0.115. The van der Waals surface area contributed by atoms with Gasteiger partial charge in [0.2, 0.25) is 5.91 Å². The fourth-order valence-corrected chi connectivity index (χ4v) is 2.09. The maximum Gasteiger partial charge on any atom is 0.230 e. The van der Waals surface area contributed by atoms with Gasteiger partial charge in [0.25, 0.3) is 0 Å². The van der Waals surface area contributed by atoms with Crippen molar-refractivity contribution in [2.45, 2.75) is 6.42 Å². The first-order valence-electron chi connectivity index (χ1n) is 6.85. The van der Waals surface area contributed by atoms with Crippen molar-refractivity contribution in [3.05, 3.63) is 60.8 Å². The van der Waals surface area contributed by atoms with Crippen LogP contribution < -0.4 is 5.32 Å². The number of nitrogens with one attached hydrogen (secondary N) is 1. The van der Waals surface area contributed by atoms with Crippen LogP contribution >= 0.6 is 0 Å². The normalized spacial score (nSPS) is 10.4. The van der Waals surface area contributed by atoms with Gasteiger partial charge in [0.05, 0.1) is 29.7 Å². The number of aryl methyl sites for hydroxylation is 1. The van der Waals surface area contributed by atoms with Gasteiger partial charge in [-0.2, -0.15) is 5.10 Å². The summed E-state index contributed by atoms with van der Waals surface area (Å²) < 4.78 is 1.67. The largest absolute Gasteiger partial charge is 0.324 e. The van der Waals surface area contributed by atoms with Crippen molar-refractivity contribution < 1.29 is 4.79 Å². The molecule has 110 valence electrons. The molecule has 6 heteroatoms. The minimum absolute atomic E-state index is 0.114. The molecule has 0 radical (unpaired) electrons. The van der Waals surface area contributed by atoms with Gasteiger partial charge in [-0.3, -0.25) is 19.4 Å². The zero-order valence-corrected chi connectivity index (χ0v) is 12.1. The molecule has 0 aromatic carbocycles. The molecule has 0 aliphatic rings. The van der Waals surface area contributed by atoms with Crippen LogP contribution in [0.25, 0.3) is 11.3 Å². The van der Waals surface area contributed by atoms with Crippen LogP contribution in [0.5, 0.6) is 0 Å². The first-order valence-corrected chi connectivity index (χ1v) is 6.85. The van der Waals surface area contributed by atoms with Crippen molar-refractivity contribution in [1.29, 1.82) is 0 Å². The van der Waals surface area contributed by atoms with Crippen LogP contribution in [0.1, 0.15) is 5.69 Å². The number of nitrogens with zero attached hydrogens (tertiary/aromatic N) is 4. The Balaban J connectivity index is 1.65. The molecule has 6 nitrogen and oxygen atoms in total. The molecule has 0 fully saturated rings. The van der Waals surface area contributed by atoms with Gasteiger partial charge in [-0.25, -0.2) is 0 Å². The molecule has 1 amide bonds. The Morgan fingerprint density at radius 3 is 2.64 bits per heavy atom. The van der Waals surface area contributed by atoms with Crippen molar-refractivity contribution in [2.24, 2.45) is 7.05 Å². The Labute approximate surface area is 127 Å². The molecule has 0 unspecified atom stereocenters. The fourth-order valence-electron chi connectivity index (χ4n) is 2.09. The molecule has 1 N–H and O–H groups in total. The van der Waals surface area contributed by atoms with Gasteiger partial charge < -0.3 is 5.32 Å². The Morgan fingerprint density at radius 2 is 2.00 bits per heavy atom. The second kappa shape index (κ2) is 6.17. The van der Waals surface area contributed by atoms with Gasteiger partial charge in [0.15, 0.2) is 0 Å². The minimum Gasteiger partial charge on any atom is -0.324 e. The summed E-state index contributed by atoms with van der Waals surface area (Å²) >= 11 is 0. The predicted octanol–water partition coefficient (Wildman–Crippen LogP) is 2.06. The lowest BCUT2D eigenvalue weighted by Gasteiger charge is -2.05. The predicted molar refractivity (Wildman–Crippen MR) is 83.0 cm³/mol. The monoisotopic (exact) mass is 293 g/mol. The summed E-state index contributed by atoms with van der Waals surface area (Å²) in [7, 11) is 1.82. The number of hydrogen-bond acceptors (Lipinski definition) is 4. The number of anilines is 1. The second-order valence-corrected chi connectivity index (χ2v) is 4.87. The molecular weight excluding hydrogens is 278 g/mol. The van der Waals surface area contributed by atoms with Gasteiger partial charge in [0.1, 0.15) is 0 Å². The number of carbonyl (C=O) groups is 1. The average Bonchev–Trinajstić information content (AvgIpc) is 2.94. The van der Waals surface area contributed by atoms with Crippen LogP contribution in [0.2, 0.25) is 0 Å². The SMILES string of the molecule is Cn1ccc(CC(=O)Nc2ccc(-c3ccncc3)nc2)n1. The van der Waals surface area contributed by atoms with Gasteiger partial charge in [-0.1, -0.05) is 0 Å². The summed E-state index contributed by atoms with van der Waals surface area (Å²) in [5, 5.41) is 7.00. The van der Waals surface area contributed by atoms with Gasteiger partial charge in [-0.15, -0.1) is 0 Å². The molecule has 0 atom stereocenters. The molecule has 0 aliphatic carbocycles. The van der Waals surface area contributed by atoms with E-state index < -0.39 is 0 Å². The number of rotatable bonds is 4. The first kappa shape index (κ1) is 13.9. The number of aromatic nitrogens is 4. The summed E-state index contributed by atoms with van der Waals surface area (Å²) in [5.41, 5.74) is 3.23. The molecule has 0 spiro atoms. The number of pyridine rings is 2. The van der Waals surface area contributed by atoms with E-state index in [1.54, 1.807) is 23.3 Å². The summed E-state index contributed by atoms with van der Waals surface area (Å²) in [5.74, 6) is -0.114. The highest BCUT2D eigenvalue weighted by atomic mass is 16.1. The Bertz CT molecular complexity index is 765. The van der Waals surface area contributed by atoms with Gasteiger partial charge in [0, 0.05) is 31.2 Å². The van der Waals surface area contributed by atoms with E-state index in [0.717, 1.165) is 17.0 Å². The van der Waals surface area contributed by atoms with Crippen LogP contribution in [0.15, 0.2) is 55.1 Å². The molecule has 22 heavy (non-hydrogen) atoms. The molecule has 0 bridgehead atoms. The van der Waals surface area contributed by atoms with E-state index in [1.807, 2.05) is 43.6 Å². The molecule has 0 saturated carbocycles. The number of hydrogen-bond donors (Lipinski definition) is 1. The Kier molecular flexibility index (Phi) is 3.91. The highest BCUT2D eigenvalue weighted by Gasteiger charge is 2.07. The Hall–Kier alpha value is -3.02. The summed E-state index contributed by atoms with van der Waals surface area (Å²) in [6.45, 7) is 0. The molecule has 3 rings (SSSR count). The highest BCUT2D eigenvalue weighted by molar-refractivity contribution is 5.91. The summed E-state index contributed by atoms with van der Waals surface area (Å²) in [6, 6.07) is 9.30. The summed E-state index contributed by atoms with van der Waals surface area (Å²) in [4.78, 5) is 20.3.